The SMILES string of the molecule is CC1CN(CCCC(C)(C#N)NC2CC2)CC(C)N1C. The molecule has 0 amide bonds. The highest BCUT2D eigenvalue weighted by Gasteiger charge is 2.32. The van der Waals surface area contributed by atoms with Crippen molar-refractivity contribution in [3.05, 3.63) is 0 Å². The summed E-state index contributed by atoms with van der Waals surface area (Å²) in [4.78, 5) is 5.02. The van der Waals surface area contributed by atoms with Crippen LogP contribution in [0.4, 0.5) is 0 Å². The Morgan fingerprint density at radius 3 is 2.35 bits per heavy atom. The van der Waals surface area contributed by atoms with Crippen molar-refractivity contribution in [1.82, 2.24) is 15.1 Å². The minimum Gasteiger partial charge on any atom is -0.300 e. The van der Waals surface area contributed by atoms with Crippen LogP contribution in [0.1, 0.15) is 46.5 Å². The summed E-state index contributed by atoms with van der Waals surface area (Å²) in [5, 5.41) is 12.9. The van der Waals surface area contributed by atoms with Gasteiger partial charge in [-0.2, -0.15) is 5.26 Å². The van der Waals surface area contributed by atoms with E-state index in [0.29, 0.717) is 18.1 Å². The minimum absolute atomic E-state index is 0.328. The average Bonchev–Trinajstić information content (AvgIpc) is 3.19. The molecule has 4 nitrogen and oxygen atoms in total. The lowest BCUT2D eigenvalue weighted by atomic mass is 9.97. The van der Waals surface area contributed by atoms with Crippen LogP contribution < -0.4 is 5.32 Å². The van der Waals surface area contributed by atoms with E-state index in [9.17, 15) is 5.26 Å². The molecule has 1 saturated heterocycles. The molecule has 2 rings (SSSR count). The molecule has 0 aromatic carbocycles. The van der Waals surface area contributed by atoms with Crippen LogP contribution in [-0.2, 0) is 0 Å². The Morgan fingerprint density at radius 2 is 1.85 bits per heavy atom. The largest absolute Gasteiger partial charge is 0.300 e. The first kappa shape index (κ1) is 15.8. The molecule has 1 aliphatic heterocycles. The third-order valence-corrected chi connectivity index (χ3v) is 4.93. The van der Waals surface area contributed by atoms with E-state index in [4.69, 9.17) is 0 Å². The highest BCUT2D eigenvalue weighted by Crippen LogP contribution is 2.24. The fraction of sp³-hybridized carbons (Fsp3) is 0.938. The van der Waals surface area contributed by atoms with Gasteiger partial charge in [0.2, 0.25) is 0 Å². The Balaban J connectivity index is 1.73. The molecule has 0 bridgehead atoms. The summed E-state index contributed by atoms with van der Waals surface area (Å²) in [7, 11) is 2.22. The van der Waals surface area contributed by atoms with Gasteiger partial charge < -0.3 is 4.90 Å². The molecule has 1 N–H and O–H groups in total. The van der Waals surface area contributed by atoms with Gasteiger partial charge in [-0.25, -0.2) is 0 Å². The van der Waals surface area contributed by atoms with Crippen LogP contribution in [0.5, 0.6) is 0 Å². The van der Waals surface area contributed by atoms with Crippen LogP contribution >= 0.6 is 0 Å². The van der Waals surface area contributed by atoms with Gasteiger partial charge >= 0.3 is 0 Å². The van der Waals surface area contributed by atoms with Crippen LogP contribution in [0.2, 0.25) is 0 Å². The molecule has 2 aliphatic rings. The van der Waals surface area contributed by atoms with E-state index in [1.54, 1.807) is 0 Å². The quantitative estimate of drug-likeness (QED) is 0.805. The highest BCUT2D eigenvalue weighted by molar-refractivity contribution is 5.07. The lowest BCUT2D eigenvalue weighted by molar-refractivity contribution is 0.0583. The molecule has 4 heteroatoms. The number of hydrogen-bond donors (Lipinski definition) is 1. The molecular formula is C16H30N4. The van der Waals surface area contributed by atoms with Crippen molar-refractivity contribution in [3.8, 4) is 6.07 Å². The van der Waals surface area contributed by atoms with Crippen molar-refractivity contribution < 1.29 is 0 Å². The second-order valence-corrected chi connectivity index (χ2v) is 7.09. The number of rotatable bonds is 6. The molecule has 2 fully saturated rings. The van der Waals surface area contributed by atoms with Crippen LogP contribution in [0.25, 0.3) is 0 Å². The van der Waals surface area contributed by atoms with Crippen molar-refractivity contribution in [1.29, 1.82) is 5.26 Å². The van der Waals surface area contributed by atoms with Crippen molar-refractivity contribution >= 4 is 0 Å². The number of likely N-dealkylation sites (N-methyl/N-ethyl adjacent to an activating group) is 1. The van der Waals surface area contributed by atoms with Gasteiger partial charge in [0.25, 0.3) is 0 Å². The van der Waals surface area contributed by atoms with Crippen molar-refractivity contribution in [3.63, 3.8) is 0 Å². The molecule has 1 heterocycles. The molecule has 3 atom stereocenters. The van der Waals surface area contributed by atoms with Crippen molar-refractivity contribution in [2.24, 2.45) is 0 Å². The van der Waals surface area contributed by atoms with Gasteiger partial charge in [-0.05, 0) is 60.0 Å². The third kappa shape index (κ3) is 4.18. The summed E-state index contributed by atoms with van der Waals surface area (Å²) < 4.78 is 0. The zero-order valence-electron chi connectivity index (χ0n) is 13.5. The molecule has 0 radical (unpaired) electrons. The maximum absolute atomic E-state index is 9.38. The molecular weight excluding hydrogens is 248 g/mol. The first-order valence-corrected chi connectivity index (χ1v) is 8.07. The Labute approximate surface area is 124 Å². The molecule has 114 valence electrons. The van der Waals surface area contributed by atoms with Crippen LogP contribution in [0, 0.1) is 11.3 Å². The summed E-state index contributed by atoms with van der Waals surface area (Å²) in [5.41, 5.74) is -0.328. The average molecular weight is 278 g/mol. The second kappa shape index (κ2) is 6.43. The zero-order valence-corrected chi connectivity index (χ0v) is 13.5. The summed E-state index contributed by atoms with van der Waals surface area (Å²) in [6.45, 7) is 10.1. The molecule has 1 saturated carbocycles. The number of nitrogens with one attached hydrogen (secondary N) is 1. The number of hydrogen-bond acceptors (Lipinski definition) is 4. The number of nitriles is 1. The summed E-state index contributed by atoms with van der Waals surface area (Å²) >= 11 is 0. The third-order valence-electron chi connectivity index (χ3n) is 4.93. The molecule has 0 aromatic heterocycles. The van der Waals surface area contributed by atoms with Crippen LogP contribution in [0.15, 0.2) is 0 Å². The fourth-order valence-electron chi connectivity index (χ4n) is 3.19. The van der Waals surface area contributed by atoms with Gasteiger partial charge in [0.1, 0.15) is 5.54 Å². The minimum atomic E-state index is -0.328. The lowest BCUT2D eigenvalue weighted by Gasteiger charge is -2.42. The predicted molar refractivity (Wildman–Crippen MR) is 82.5 cm³/mol. The fourth-order valence-corrected chi connectivity index (χ4v) is 3.19. The first-order chi connectivity index (χ1) is 9.43. The van der Waals surface area contributed by atoms with E-state index in [1.165, 1.54) is 12.8 Å². The zero-order chi connectivity index (χ0) is 14.8. The van der Waals surface area contributed by atoms with Crippen molar-refractivity contribution in [2.75, 3.05) is 26.7 Å². The maximum Gasteiger partial charge on any atom is 0.104 e. The van der Waals surface area contributed by atoms with E-state index < -0.39 is 0 Å². The summed E-state index contributed by atoms with van der Waals surface area (Å²) in [6.07, 6.45) is 4.54. The number of nitrogens with zero attached hydrogens (tertiary/aromatic N) is 3. The van der Waals surface area contributed by atoms with Gasteiger partial charge in [-0.15, -0.1) is 0 Å². The second-order valence-electron chi connectivity index (χ2n) is 7.09. The van der Waals surface area contributed by atoms with E-state index in [0.717, 1.165) is 32.5 Å². The Bertz CT molecular complexity index is 348. The van der Waals surface area contributed by atoms with Gasteiger partial charge in [0.05, 0.1) is 6.07 Å². The van der Waals surface area contributed by atoms with Crippen LogP contribution in [0.3, 0.4) is 0 Å². The first-order valence-electron chi connectivity index (χ1n) is 8.07. The molecule has 0 aromatic rings. The predicted octanol–water partition coefficient (Wildman–Crippen LogP) is 1.83. The molecule has 3 unspecified atom stereocenters. The van der Waals surface area contributed by atoms with Gasteiger partial charge in [0, 0.05) is 31.2 Å². The molecule has 0 spiro atoms. The Hall–Kier alpha value is -0.630. The van der Waals surface area contributed by atoms with Gasteiger partial charge in [-0.1, -0.05) is 0 Å². The van der Waals surface area contributed by atoms with Gasteiger partial charge in [-0.3, -0.25) is 10.2 Å². The van der Waals surface area contributed by atoms with E-state index in [-0.39, 0.29) is 5.54 Å². The topological polar surface area (TPSA) is 42.3 Å². The van der Waals surface area contributed by atoms with E-state index in [1.807, 2.05) is 0 Å². The molecule has 1 aliphatic carbocycles. The van der Waals surface area contributed by atoms with Gasteiger partial charge in [0.15, 0.2) is 0 Å². The van der Waals surface area contributed by atoms with Crippen molar-refractivity contribution in [2.45, 2.75) is 70.1 Å². The standard InChI is InChI=1S/C16H30N4/c1-13-10-20(11-14(2)19(13)4)9-5-8-16(3,12-17)18-15-6-7-15/h13-15,18H,5-11H2,1-4H3. The summed E-state index contributed by atoms with van der Waals surface area (Å²) in [5.74, 6) is 0. The number of piperazine rings is 1. The van der Waals surface area contributed by atoms with E-state index >= 15 is 0 Å². The van der Waals surface area contributed by atoms with Crippen LogP contribution in [-0.4, -0.2) is 60.1 Å². The van der Waals surface area contributed by atoms with E-state index in [2.05, 4.69) is 49.0 Å². The highest BCUT2D eigenvalue weighted by atomic mass is 15.3. The lowest BCUT2D eigenvalue weighted by Crippen LogP contribution is -2.55. The molecule has 20 heavy (non-hydrogen) atoms. The Kier molecular flexibility index (Phi) is 5.06. The monoisotopic (exact) mass is 278 g/mol. The normalized spacial score (nSPS) is 31.8. The Morgan fingerprint density at radius 1 is 1.25 bits per heavy atom. The summed E-state index contributed by atoms with van der Waals surface area (Å²) in [6, 6.07) is 4.34. The smallest absolute Gasteiger partial charge is 0.104 e. The maximum atomic E-state index is 9.38.